The minimum atomic E-state index is -0.190. The van der Waals surface area contributed by atoms with Gasteiger partial charge in [0.25, 0.3) is 5.91 Å². The van der Waals surface area contributed by atoms with E-state index < -0.39 is 0 Å². The van der Waals surface area contributed by atoms with E-state index in [1.165, 1.54) is 13.2 Å². The molecule has 2 aromatic carbocycles. The summed E-state index contributed by atoms with van der Waals surface area (Å²) in [6.45, 7) is 0.931. The molecule has 146 valence electrons. The quantitative estimate of drug-likeness (QED) is 0.570. The maximum Gasteiger partial charge on any atom is 0.252 e. The minimum absolute atomic E-state index is 0.0440. The first-order valence-electron chi connectivity index (χ1n) is 9.19. The zero-order valence-electron chi connectivity index (χ0n) is 16.0. The molecular formula is C22H24N2O4. The van der Waals surface area contributed by atoms with Crippen molar-refractivity contribution in [2.75, 3.05) is 20.8 Å². The number of methoxy groups -OCH3 is 2. The maximum atomic E-state index is 12.5. The highest BCUT2D eigenvalue weighted by molar-refractivity contribution is 6.09. The van der Waals surface area contributed by atoms with Gasteiger partial charge in [0.1, 0.15) is 11.5 Å². The van der Waals surface area contributed by atoms with Crippen LogP contribution in [0.15, 0.2) is 48.5 Å². The summed E-state index contributed by atoms with van der Waals surface area (Å²) in [5.41, 5.74) is 1.84. The number of hydrogen-bond donors (Lipinski definition) is 2. The van der Waals surface area contributed by atoms with Crippen LogP contribution in [0.3, 0.4) is 0 Å². The van der Waals surface area contributed by atoms with Crippen LogP contribution >= 0.6 is 0 Å². The summed E-state index contributed by atoms with van der Waals surface area (Å²) >= 11 is 0. The Balaban J connectivity index is 1.67. The second-order valence-corrected chi connectivity index (χ2v) is 6.51. The molecule has 0 radical (unpaired) electrons. The van der Waals surface area contributed by atoms with Crippen LogP contribution in [0.5, 0.6) is 11.5 Å². The molecule has 1 aliphatic heterocycles. The summed E-state index contributed by atoms with van der Waals surface area (Å²) in [6, 6.07) is 12.2. The van der Waals surface area contributed by atoms with E-state index >= 15 is 0 Å². The van der Waals surface area contributed by atoms with Gasteiger partial charge in [-0.25, -0.2) is 0 Å². The summed E-state index contributed by atoms with van der Waals surface area (Å²) < 4.78 is 10.4. The third-order valence-electron chi connectivity index (χ3n) is 4.64. The second kappa shape index (κ2) is 9.19. The van der Waals surface area contributed by atoms with E-state index in [4.69, 9.17) is 9.47 Å². The zero-order chi connectivity index (χ0) is 19.9. The number of rotatable bonds is 7. The van der Waals surface area contributed by atoms with Gasteiger partial charge in [0.05, 0.1) is 25.9 Å². The number of ketones is 1. The van der Waals surface area contributed by atoms with Crippen molar-refractivity contribution < 1.29 is 19.1 Å². The van der Waals surface area contributed by atoms with E-state index in [-0.39, 0.29) is 17.9 Å². The fraction of sp³-hybridized carbons (Fsp3) is 0.273. The summed E-state index contributed by atoms with van der Waals surface area (Å²) in [5.74, 6) is 0.782. The van der Waals surface area contributed by atoms with Crippen molar-refractivity contribution in [1.29, 1.82) is 0 Å². The van der Waals surface area contributed by atoms with E-state index in [1.54, 1.807) is 43.5 Å². The van der Waals surface area contributed by atoms with E-state index in [2.05, 4.69) is 10.6 Å². The molecule has 28 heavy (non-hydrogen) atoms. The first kappa shape index (κ1) is 19.6. The molecule has 2 aromatic rings. The van der Waals surface area contributed by atoms with Crippen molar-refractivity contribution in [2.24, 2.45) is 0 Å². The molecule has 0 saturated carbocycles. The van der Waals surface area contributed by atoms with Gasteiger partial charge in [0, 0.05) is 5.56 Å². The Kier molecular flexibility index (Phi) is 6.45. The molecule has 6 heteroatoms. The van der Waals surface area contributed by atoms with Crippen LogP contribution in [0.1, 0.15) is 39.1 Å². The monoisotopic (exact) mass is 380 g/mol. The standard InChI is InChI=1S/C22H24N2O4/c1-27-17-10-12-20(28-2)18(14-17)19(25)11-7-15-5-8-16(9-6-15)22(26)24-21-4-3-13-23-21/h5-12,14,21,23H,3-4,13H2,1-2H3,(H,24,26). The van der Waals surface area contributed by atoms with Crippen LogP contribution in [-0.4, -0.2) is 38.6 Å². The number of benzene rings is 2. The van der Waals surface area contributed by atoms with Crippen molar-refractivity contribution in [3.05, 3.63) is 65.2 Å². The number of ether oxygens (including phenoxy) is 2. The Morgan fingerprint density at radius 3 is 2.54 bits per heavy atom. The highest BCUT2D eigenvalue weighted by Gasteiger charge is 2.17. The first-order chi connectivity index (χ1) is 13.6. The molecule has 1 heterocycles. The average molecular weight is 380 g/mol. The molecule has 3 rings (SSSR count). The average Bonchev–Trinajstić information content (AvgIpc) is 3.24. The Morgan fingerprint density at radius 2 is 1.89 bits per heavy atom. The number of nitrogens with one attached hydrogen (secondary N) is 2. The molecule has 1 aliphatic rings. The van der Waals surface area contributed by atoms with Gasteiger partial charge >= 0.3 is 0 Å². The molecule has 0 aromatic heterocycles. The van der Waals surface area contributed by atoms with E-state index in [1.807, 2.05) is 12.1 Å². The van der Waals surface area contributed by atoms with Crippen molar-refractivity contribution in [3.63, 3.8) is 0 Å². The lowest BCUT2D eigenvalue weighted by molar-refractivity contribution is 0.0933. The van der Waals surface area contributed by atoms with Crippen molar-refractivity contribution in [2.45, 2.75) is 19.0 Å². The number of allylic oxidation sites excluding steroid dienone is 1. The Hall–Kier alpha value is -3.12. The van der Waals surface area contributed by atoms with Crippen LogP contribution in [-0.2, 0) is 0 Å². The van der Waals surface area contributed by atoms with Gasteiger partial charge in [0.15, 0.2) is 5.78 Å². The summed E-state index contributed by atoms with van der Waals surface area (Å²) in [6.07, 6.45) is 5.25. The van der Waals surface area contributed by atoms with E-state index in [0.717, 1.165) is 24.9 Å². The molecule has 0 bridgehead atoms. The fourth-order valence-corrected chi connectivity index (χ4v) is 3.06. The Labute approximate surface area is 164 Å². The predicted octanol–water partition coefficient (Wildman–Crippen LogP) is 3.04. The van der Waals surface area contributed by atoms with Crippen LogP contribution in [0, 0.1) is 0 Å². The van der Waals surface area contributed by atoms with Crippen molar-refractivity contribution in [3.8, 4) is 11.5 Å². The molecule has 1 amide bonds. The van der Waals surface area contributed by atoms with Gasteiger partial charge in [0.2, 0.25) is 0 Å². The van der Waals surface area contributed by atoms with Crippen molar-refractivity contribution >= 4 is 17.8 Å². The molecule has 6 nitrogen and oxygen atoms in total. The highest BCUT2D eigenvalue weighted by atomic mass is 16.5. The topological polar surface area (TPSA) is 76.7 Å². The van der Waals surface area contributed by atoms with Gasteiger partial charge < -0.3 is 14.8 Å². The third kappa shape index (κ3) is 4.78. The van der Waals surface area contributed by atoms with Gasteiger partial charge in [-0.1, -0.05) is 18.2 Å². The first-order valence-corrected chi connectivity index (χ1v) is 9.19. The molecule has 1 atom stereocenters. The number of hydrogen-bond acceptors (Lipinski definition) is 5. The van der Waals surface area contributed by atoms with Gasteiger partial charge in [-0.3, -0.25) is 14.9 Å². The summed E-state index contributed by atoms with van der Waals surface area (Å²) in [7, 11) is 3.07. The smallest absolute Gasteiger partial charge is 0.252 e. The maximum absolute atomic E-state index is 12.5. The Bertz CT molecular complexity index is 869. The number of amides is 1. The lowest BCUT2D eigenvalue weighted by Crippen LogP contribution is -2.41. The van der Waals surface area contributed by atoms with E-state index in [0.29, 0.717) is 22.6 Å². The number of carbonyl (C=O) groups excluding carboxylic acids is 2. The predicted molar refractivity (Wildman–Crippen MR) is 108 cm³/mol. The molecule has 1 saturated heterocycles. The zero-order valence-corrected chi connectivity index (χ0v) is 16.0. The minimum Gasteiger partial charge on any atom is -0.497 e. The fourth-order valence-electron chi connectivity index (χ4n) is 3.06. The molecule has 1 fully saturated rings. The normalized spacial score (nSPS) is 16.1. The third-order valence-corrected chi connectivity index (χ3v) is 4.64. The molecule has 2 N–H and O–H groups in total. The SMILES string of the molecule is COc1ccc(OC)c(C(=O)C=Cc2ccc(C(=O)NC3CCCN3)cc2)c1. The van der Waals surface area contributed by atoms with Gasteiger partial charge in [-0.2, -0.15) is 0 Å². The summed E-state index contributed by atoms with van der Waals surface area (Å²) in [4.78, 5) is 24.8. The molecule has 0 spiro atoms. The van der Waals surface area contributed by atoms with Crippen LogP contribution in [0.4, 0.5) is 0 Å². The molecule has 0 aliphatic carbocycles. The molecule has 1 unspecified atom stereocenters. The van der Waals surface area contributed by atoms with Crippen molar-refractivity contribution in [1.82, 2.24) is 10.6 Å². The van der Waals surface area contributed by atoms with Crippen LogP contribution in [0.2, 0.25) is 0 Å². The van der Waals surface area contributed by atoms with E-state index in [9.17, 15) is 9.59 Å². The lowest BCUT2D eigenvalue weighted by atomic mass is 10.1. The van der Waals surface area contributed by atoms with Gasteiger partial charge in [-0.05, 0) is 61.4 Å². The second-order valence-electron chi connectivity index (χ2n) is 6.51. The Morgan fingerprint density at radius 1 is 1.11 bits per heavy atom. The number of carbonyl (C=O) groups is 2. The van der Waals surface area contributed by atoms with Crippen LogP contribution < -0.4 is 20.1 Å². The lowest BCUT2D eigenvalue weighted by Gasteiger charge is -2.12. The summed E-state index contributed by atoms with van der Waals surface area (Å²) in [5, 5.41) is 6.20. The molecular weight excluding hydrogens is 356 g/mol. The highest BCUT2D eigenvalue weighted by Crippen LogP contribution is 2.25. The largest absolute Gasteiger partial charge is 0.497 e. The van der Waals surface area contributed by atoms with Gasteiger partial charge in [-0.15, -0.1) is 0 Å². The van der Waals surface area contributed by atoms with Crippen LogP contribution in [0.25, 0.3) is 6.08 Å².